The summed E-state index contributed by atoms with van der Waals surface area (Å²) in [5, 5.41) is 1.01. The summed E-state index contributed by atoms with van der Waals surface area (Å²) in [7, 11) is 0. The summed E-state index contributed by atoms with van der Waals surface area (Å²) in [5.74, 6) is 0.691. The van der Waals surface area contributed by atoms with Gasteiger partial charge in [-0.25, -0.2) is 0 Å². The summed E-state index contributed by atoms with van der Waals surface area (Å²) in [6, 6.07) is 12.7. The quantitative estimate of drug-likeness (QED) is 0.848. The molecule has 88 valence electrons. The van der Waals surface area contributed by atoms with Crippen molar-refractivity contribution in [3.63, 3.8) is 0 Å². The molecule has 0 amide bonds. The number of hydrogen-bond acceptors (Lipinski definition) is 2. The second-order valence-corrected chi connectivity index (χ2v) is 4.42. The van der Waals surface area contributed by atoms with Crippen molar-refractivity contribution in [3.8, 4) is 5.75 Å². The molecule has 0 radical (unpaired) electrons. The highest BCUT2D eigenvalue weighted by Gasteiger charge is 2.00. The van der Waals surface area contributed by atoms with Crippen LogP contribution < -0.4 is 10.5 Å². The van der Waals surface area contributed by atoms with Crippen LogP contribution in [0.4, 0.5) is 5.69 Å². The topological polar surface area (TPSA) is 35.2 Å². The van der Waals surface area contributed by atoms with Gasteiger partial charge in [0, 0.05) is 11.8 Å². The van der Waals surface area contributed by atoms with Crippen LogP contribution in [0.2, 0.25) is 10.0 Å². The van der Waals surface area contributed by atoms with Gasteiger partial charge in [-0.3, -0.25) is 0 Å². The molecular weight excluding hydrogens is 257 g/mol. The molecular formula is C13H11Cl2NO. The molecule has 4 heteroatoms. The Bertz CT molecular complexity index is 511. The van der Waals surface area contributed by atoms with Crippen LogP contribution in [0.1, 0.15) is 5.56 Å². The average Bonchev–Trinajstić information content (AvgIpc) is 2.33. The van der Waals surface area contributed by atoms with E-state index in [4.69, 9.17) is 33.7 Å². The first kappa shape index (κ1) is 12.1. The highest BCUT2D eigenvalue weighted by atomic mass is 35.5. The van der Waals surface area contributed by atoms with E-state index in [2.05, 4.69) is 0 Å². The molecule has 0 heterocycles. The van der Waals surface area contributed by atoms with Crippen LogP contribution in [0.3, 0.4) is 0 Å². The molecule has 0 atom stereocenters. The maximum Gasteiger partial charge on any atom is 0.121 e. The third-order valence-corrected chi connectivity index (χ3v) is 3.02. The second-order valence-electron chi connectivity index (χ2n) is 3.61. The van der Waals surface area contributed by atoms with Crippen molar-refractivity contribution in [2.24, 2.45) is 0 Å². The Morgan fingerprint density at radius 2 is 1.65 bits per heavy atom. The molecule has 0 aliphatic carbocycles. The number of halogens is 2. The maximum atomic E-state index is 5.89. The summed E-state index contributed by atoms with van der Waals surface area (Å²) in [6.07, 6.45) is 0. The van der Waals surface area contributed by atoms with Gasteiger partial charge in [0.1, 0.15) is 12.4 Å². The van der Waals surface area contributed by atoms with E-state index >= 15 is 0 Å². The number of rotatable bonds is 3. The predicted molar refractivity (Wildman–Crippen MR) is 71.6 cm³/mol. The lowest BCUT2D eigenvalue weighted by molar-refractivity contribution is 0.306. The summed E-state index contributed by atoms with van der Waals surface area (Å²) in [4.78, 5) is 0. The Hall–Kier alpha value is -1.38. The highest BCUT2D eigenvalue weighted by molar-refractivity contribution is 6.42. The third-order valence-electron chi connectivity index (χ3n) is 2.28. The van der Waals surface area contributed by atoms with Gasteiger partial charge >= 0.3 is 0 Å². The van der Waals surface area contributed by atoms with E-state index in [9.17, 15) is 0 Å². The van der Waals surface area contributed by atoms with Crippen molar-refractivity contribution in [2.45, 2.75) is 6.61 Å². The van der Waals surface area contributed by atoms with E-state index in [1.165, 1.54) is 0 Å². The van der Waals surface area contributed by atoms with Gasteiger partial charge in [0.15, 0.2) is 0 Å². The minimum atomic E-state index is 0.470. The largest absolute Gasteiger partial charge is 0.489 e. The zero-order chi connectivity index (χ0) is 12.3. The Morgan fingerprint density at radius 3 is 2.29 bits per heavy atom. The van der Waals surface area contributed by atoms with Gasteiger partial charge < -0.3 is 10.5 Å². The van der Waals surface area contributed by atoms with Gasteiger partial charge in [-0.05, 0) is 29.8 Å². The number of hydrogen-bond donors (Lipinski definition) is 1. The number of nitrogens with two attached hydrogens (primary N) is 1. The zero-order valence-corrected chi connectivity index (χ0v) is 10.5. The summed E-state index contributed by atoms with van der Waals surface area (Å²) in [6.45, 7) is 0.470. The van der Waals surface area contributed by atoms with Gasteiger partial charge in [-0.1, -0.05) is 35.3 Å². The highest BCUT2D eigenvalue weighted by Crippen LogP contribution is 2.26. The van der Waals surface area contributed by atoms with Crippen LogP contribution in [0.15, 0.2) is 42.5 Å². The molecule has 0 spiro atoms. The number of anilines is 1. The summed E-state index contributed by atoms with van der Waals surface area (Å²) in [5.41, 5.74) is 7.38. The number of nitrogen functional groups attached to an aromatic ring is 1. The Labute approximate surface area is 110 Å². The SMILES string of the molecule is Nc1ccc(COc2ccc(Cl)c(Cl)c2)cc1. The van der Waals surface area contributed by atoms with Gasteiger partial charge in [0.05, 0.1) is 10.0 Å². The first-order valence-electron chi connectivity index (χ1n) is 5.07. The van der Waals surface area contributed by atoms with Crippen molar-refractivity contribution in [1.82, 2.24) is 0 Å². The van der Waals surface area contributed by atoms with Crippen molar-refractivity contribution < 1.29 is 4.74 Å². The van der Waals surface area contributed by atoms with Gasteiger partial charge in [-0.2, -0.15) is 0 Å². The number of benzene rings is 2. The van der Waals surface area contributed by atoms with Gasteiger partial charge in [-0.15, -0.1) is 0 Å². The Kier molecular flexibility index (Phi) is 3.77. The molecule has 0 unspecified atom stereocenters. The molecule has 17 heavy (non-hydrogen) atoms. The first-order chi connectivity index (χ1) is 8.15. The molecule has 2 nitrogen and oxygen atoms in total. The number of ether oxygens (including phenoxy) is 1. The predicted octanol–water partition coefficient (Wildman–Crippen LogP) is 4.15. The fourth-order valence-corrected chi connectivity index (χ4v) is 1.64. The fourth-order valence-electron chi connectivity index (χ4n) is 1.35. The normalized spacial score (nSPS) is 10.2. The molecule has 0 bridgehead atoms. The van der Waals surface area contributed by atoms with Crippen LogP contribution in [-0.4, -0.2) is 0 Å². The zero-order valence-electron chi connectivity index (χ0n) is 8.99. The molecule has 0 aliphatic heterocycles. The van der Waals surface area contributed by atoms with Gasteiger partial charge in [0.25, 0.3) is 0 Å². The van der Waals surface area contributed by atoms with Crippen LogP contribution in [0.5, 0.6) is 5.75 Å². The summed E-state index contributed by atoms with van der Waals surface area (Å²) >= 11 is 11.7. The Balaban J connectivity index is 2.02. The minimum Gasteiger partial charge on any atom is -0.489 e. The first-order valence-corrected chi connectivity index (χ1v) is 5.83. The van der Waals surface area contributed by atoms with E-state index in [1.807, 2.05) is 24.3 Å². The van der Waals surface area contributed by atoms with Crippen molar-refractivity contribution in [3.05, 3.63) is 58.1 Å². The molecule has 0 aromatic heterocycles. The van der Waals surface area contributed by atoms with Crippen molar-refractivity contribution in [2.75, 3.05) is 5.73 Å². The lowest BCUT2D eigenvalue weighted by Gasteiger charge is -2.07. The lowest BCUT2D eigenvalue weighted by atomic mass is 10.2. The van der Waals surface area contributed by atoms with Crippen molar-refractivity contribution >= 4 is 28.9 Å². The smallest absolute Gasteiger partial charge is 0.121 e. The van der Waals surface area contributed by atoms with E-state index in [0.717, 1.165) is 11.3 Å². The monoisotopic (exact) mass is 267 g/mol. The van der Waals surface area contributed by atoms with Crippen LogP contribution >= 0.6 is 23.2 Å². The van der Waals surface area contributed by atoms with E-state index in [-0.39, 0.29) is 0 Å². The molecule has 0 fully saturated rings. The average molecular weight is 268 g/mol. The molecule has 0 saturated carbocycles. The fraction of sp³-hybridized carbons (Fsp3) is 0.0769. The van der Waals surface area contributed by atoms with Crippen molar-refractivity contribution in [1.29, 1.82) is 0 Å². The maximum absolute atomic E-state index is 5.89. The lowest BCUT2D eigenvalue weighted by Crippen LogP contribution is -1.95. The van der Waals surface area contributed by atoms with Crippen LogP contribution in [0.25, 0.3) is 0 Å². The molecule has 0 saturated heterocycles. The van der Waals surface area contributed by atoms with Gasteiger partial charge in [0.2, 0.25) is 0 Å². The Morgan fingerprint density at radius 1 is 0.941 bits per heavy atom. The molecule has 2 aromatic carbocycles. The summed E-state index contributed by atoms with van der Waals surface area (Å²) < 4.78 is 5.58. The van der Waals surface area contributed by atoms with E-state index in [0.29, 0.717) is 22.4 Å². The van der Waals surface area contributed by atoms with Crippen LogP contribution in [0, 0.1) is 0 Å². The molecule has 2 rings (SSSR count). The second kappa shape index (κ2) is 5.30. The minimum absolute atomic E-state index is 0.470. The third kappa shape index (κ3) is 3.29. The van der Waals surface area contributed by atoms with E-state index < -0.39 is 0 Å². The van der Waals surface area contributed by atoms with E-state index in [1.54, 1.807) is 18.2 Å². The van der Waals surface area contributed by atoms with Crippen LogP contribution in [-0.2, 0) is 6.61 Å². The molecule has 2 aromatic rings. The molecule has 2 N–H and O–H groups in total. The standard InChI is InChI=1S/C13H11Cl2NO/c14-12-6-5-11(7-13(12)15)17-8-9-1-3-10(16)4-2-9/h1-7H,8,16H2. The molecule has 0 aliphatic rings.